The molecule has 1 aliphatic rings. The van der Waals surface area contributed by atoms with Crippen molar-refractivity contribution in [2.75, 3.05) is 20.6 Å². The minimum Gasteiger partial charge on any atom is -0.347 e. The van der Waals surface area contributed by atoms with E-state index in [9.17, 15) is 9.59 Å². The van der Waals surface area contributed by atoms with Crippen LogP contribution < -0.4 is 11.1 Å². The number of nitrogens with two attached hydrogens (primary N) is 1. The van der Waals surface area contributed by atoms with E-state index in [1.165, 1.54) is 4.90 Å². The summed E-state index contributed by atoms with van der Waals surface area (Å²) in [7, 11) is 3.35. The molecule has 0 aromatic carbocycles. The smallest absolute Gasteiger partial charge is 0.241 e. The average molecular weight is 241 g/mol. The van der Waals surface area contributed by atoms with Gasteiger partial charge in [0.25, 0.3) is 0 Å². The lowest BCUT2D eigenvalue weighted by Gasteiger charge is -2.31. The van der Waals surface area contributed by atoms with Crippen molar-refractivity contribution in [2.45, 2.75) is 32.2 Å². The molecule has 3 unspecified atom stereocenters. The van der Waals surface area contributed by atoms with Gasteiger partial charge < -0.3 is 16.0 Å². The van der Waals surface area contributed by atoms with Gasteiger partial charge in [-0.3, -0.25) is 9.59 Å². The molecule has 3 N–H and O–H groups in total. The van der Waals surface area contributed by atoms with Gasteiger partial charge in [-0.1, -0.05) is 6.92 Å². The third kappa shape index (κ3) is 4.00. The standard InChI is InChI=1S/C12H23N3O2/c1-8-4-5-9(6-10(8)13)12(17)14-7-11(16)15(2)3/h8-10H,4-7,13H2,1-3H3,(H,14,17). The third-order valence-electron chi connectivity index (χ3n) is 3.54. The second kappa shape index (κ2) is 6.00. The zero-order valence-electron chi connectivity index (χ0n) is 10.9. The zero-order chi connectivity index (χ0) is 13.0. The fourth-order valence-corrected chi connectivity index (χ4v) is 2.06. The molecule has 2 amide bonds. The first kappa shape index (κ1) is 14.0. The van der Waals surface area contributed by atoms with Gasteiger partial charge in [0.05, 0.1) is 6.54 Å². The summed E-state index contributed by atoms with van der Waals surface area (Å²) in [6.07, 6.45) is 2.58. The Balaban J connectivity index is 2.36. The molecular weight excluding hydrogens is 218 g/mol. The van der Waals surface area contributed by atoms with Crippen molar-refractivity contribution in [3.8, 4) is 0 Å². The highest BCUT2D eigenvalue weighted by atomic mass is 16.2. The first-order valence-corrected chi connectivity index (χ1v) is 6.15. The Labute approximate surface area is 103 Å². The van der Waals surface area contributed by atoms with E-state index < -0.39 is 0 Å². The molecule has 1 aliphatic carbocycles. The van der Waals surface area contributed by atoms with Crippen molar-refractivity contribution in [2.24, 2.45) is 17.6 Å². The predicted molar refractivity (Wildman–Crippen MR) is 66.2 cm³/mol. The minimum atomic E-state index is -0.0909. The fourth-order valence-electron chi connectivity index (χ4n) is 2.06. The Morgan fingerprint density at radius 2 is 2.00 bits per heavy atom. The molecule has 1 saturated carbocycles. The van der Waals surface area contributed by atoms with Crippen molar-refractivity contribution in [1.82, 2.24) is 10.2 Å². The van der Waals surface area contributed by atoms with Crippen LogP contribution >= 0.6 is 0 Å². The van der Waals surface area contributed by atoms with Gasteiger partial charge in [-0.25, -0.2) is 0 Å². The number of amides is 2. The number of hydrogen-bond donors (Lipinski definition) is 2. The van der Waals surface area contributed by atoms with Crippen molar-refractivity contribution >= 4 is 11.8 Å². The van der Waals surface area contributed by atoms with E-state index in [2.05, 4.69) is 12.2 Å². The molecule has 3 atom stereocenters. The molecule has 0 aromatic rings. The summed E-state index contributed by atoms with van der Waals surface area (Å²) >= 11 is 0. The Morgan fingerprint density at radius 1 is 1.35 bits per heavy atom. The molecule has 0 aromatic heterocycles. The van der Waals surface area contributed by atoms with Crippen LogP contribution in [0, 0.1) is 11.8 Å². The number of carbonyl (C=O) groups is 2. The lowest BCUT2D eigenvalue weighted by atomic mass is 9.79. The van der Waals surface area contributed by atoms with Crippen LogP contribution in [0.2, 0.25) is 0 Å². The number of rotatable bonds is 3. The number of carbonyl (C=O) groups excluding carboxylic acids is 2. The van der Waals surface area contributed by atoms with E-state index in [-0.39, 0.29) is 30.3 Å². The topological polar surface area (TPSA) is 75.4 Å². The SMILES string of the molecule is CC1CCC(C(=O)NCC(=O)N(C)C)CC1N. The molecule has 0 radical (unpaired) electrons. The Morgan fingerprint density at radius 3 is 2.53 bits per heavy atom. The van der Waals surface area contributed by atoms with E-state index in [1.54, 1.807) is 14.1 Å². The lowest BCUT2D eigenvalue weighted by Crippen LogP contribution is -2.44. The van der Waals surface area contributed by atoms with Crippen molar-refractivity contribution in [3.05, 3.63) is 0 Å². The Hall–Kier alpha value is -1.10. The largest absolute Gasteiger partial charge is 0.347 e. The van der Waals surface area contributed by atoms with E-state index in [4.69, 9.17) is 5.73 Å². The molecule has 1 fully saturated rings. The molecule has 1 rings (SSSR count). The molecule has 5 heteroatoms. The monoisotopic (exact) mass is 241 g/mol. The highest BCUT2D eigenvalue weighted by molar-refractivity contribution is 5.85. The van der Waals surface area contributed by atoms with Crippen LogP contribution in [0.1, 0.15) is 26.2 Å². The minimum absolute atomic E-state index is 0.0313. The van der Waals surface area contributed by atoms with Crippen LogP contribution in [0.5, 0.6) is 0 Å². The maximum absolute atomic E-state index is 11.8. The average Bonchev–Trinajstić information content (AvgIpc) is 2.28. The van der Waals surface area contributed by atoms with Gasteiger partial charge in [-0.15, -0.1) is 0 Å². The molecular formula is C12H23N3O2. The number of likely N-dealkylation sites (N-methyl/N-ethyl adjacent to an activating group) is 1. The summed E-state index contributed by atoms with van der Waals surface area (Å²) in [5.74, 6) is 0.327. The van der Waals surface area contributed by atoms with Gasteiger partial charge in [0.15, 0.2) is 0 Å². The Kier molecular flexibility index (Phi) is 4.93. The van der Waals surface area contributed by atoms with Gasteiger partial charge in [-0.2, -0.15) is 0 Å². The summed E-state index contributed by atoms with van der Waals surface area (Å²) in [4.78, 5) is 24.6. The second-order valence-electron chi connectivity index (χ2n) is 5.16. The molecule has 98 valence electrons. The summed E-state index contributed by atoms with van der Waals surface area (Å²) in [5.41, 5.74) is 5.96. The fraction of sp³-hybridized carbons (Fsp3) is 0.833. The van der Waals surface area contributed by atoms with E-state index in [0.717, 1.165) is 19.3 Å². The number of nitrogens with one attached hydrogen (secondary N) is 1. The summed E-state index contributed by atoms with van der Waals surface area (Å²) in [5, 5.41) is 2.68. The van der Waals surface area contributed by atoms with Gasteiger partial charge in [-0.05, 0) is 25.2 Å². The Bertz CT molecular complexity index is 291. The highest BCUT2D eigenvalue weighted by Crippen LogP contribution is 2.27. The number of hydrogen-bond acceptors (Lipinski definition) is 3. The van der Waals surface area contributed by atoms with Crippen molar-refractivity contribution in [3.63, 3.8) is 0 Å². The third-order valence-corrected chi connectivity index (χ3v) is 3.54. The van der Waals surface area contributed by atoms with Crippen molar-refractivity contribution in [1.29, 1.82) is 0 Å². The van der Waals surface area contributed by atoms with E-state index in [0.29, 0.717) is 5.92 Å². The van der Waals surface area contributed by atoms with Gasteiger partial charge >= 0.3 is 0 Å². The maximum atomic E-state index is 11.8. The number of nitrogens with zero attached hydrogens (tertiary/aromatic N) is 1. The van der Waals surface area contributed by atoms with E-state index >= 15 is 0 Å². The summed E-state index contributed by atoms with van der Waals surface area (Å²) in [6.45, 7) is 2.20. The van der Waals surface area contributed by atoms with Crippen LogP contribution in [0.15, 0.2) is 0 Å². The zero-order valence-corrected chi connectivity index (χ0v) is 10.9. The quantitative estimate of drug-likeness (QED) is 0.727. The first-order chi connectivity index (χ1) is 7.91. The molecule has 0 spiro atoms. The second-order valence-corrected chi connectivity index (χ2v) is 5.16. The molecule has 0 aliphatic heterocycles. The molecule has 0 saturated heterocycles. The highest BCUT2D eigenvalue weighted by Gasteiger charge is 2.29. The van der Waals surface area contributed by atoms with Crippen molar-refractivity contribution < 1.29 is 9.59 Å². The predicted octanol–water partition coefficient (Wildman–Crippen LogP) is -0.0457. The first-order valence-electron chi connectivity index (χ1n) is 6.15. The lowest BCUT2D eigenvalue weighted by molar-refractivity contribution is -0.132. The van der Waals surface area contributed by atoms with Crippen LogP contribution in [0.25, 0.3) is 0 Å². The van der Waals surface area contributed by atoms with Gasteiger partial charge in [0.1, 0.15) is 0 Å². The maximum Gasteiger partial charge on any atom is 0.241 e. The molecule has 5 nitrogen and oxygen atoms in total. The van der Waals surface area contributed by atoms with Crippen LogP contribution in [-0.2, 0) is 9.59 Å². The molecule has 0 bridgehead atoms. The van der Waals surface area contributed by atoms with Crippen LogP contribution in [0.4, 0.5) is 0 Å². The van der Waals surface area contributed by atoms with Gasteiger partial charge in [0.2, 0.25) is 11.8 Å². The van der Waals surface area contributed by atoms with Crippen LogP contribution in [-0.4, -0.2) is 43.4 Å². The van der Waals surface area contributed by atoms with Gasteiger partial charge in [0, 0.05) is 26.1 Å². The van der Waals surface area contributed by atoms with Crippen LogP contribution in [0.3, 0.4) is 0 Å². The normalized spacial score (nSPS) is 28.6. The summed E-state index contributed by atoms with van der Waals surface area (Å²) < 4.78 is 0. The molecule has 0 heterocycles. The molecule has 17 heavy (non-hydrogen) atoms. The summed E-state index contributed by atoms with van der Waals surface area (Å²) in [6, 6.07) is 0.101. The van der Waals surface area contributed by atoms with E-state index in [1.807, 2.05) is 0 Å².